The van der Waals surface area contributed by atoms with Gasteiger partial charge in [0.2, 0.25) is 0 Å². The fourth-order valence-corrected chi connectivity index (χ4v) is 1.78. The molecule has 98 valence electrons. The lowest BCUT2D eigenvalue weighted by Crippen LogP contribution is -2.14. The molecule has 1 aromatic heterocycles. The molecule has 19 heavy (non-hydrogen) atoms. The molecule has 0 aliphatic carbocycles. The monoisotopic (exact) mass is 256 g/mol. The molecule has 1 aromatic carbocycles. The van der Waals surface area contributed by atoms with Crippen molar-refractivity contribution < 1.29 is 4.74 Å². The largest absolute Gasteiger partial charge is 0.478 e. The van der Waals surface area contributed by atoms with Gasteiger partial charge >= 0.3 is 0 Å². The number of nitriles is 1. The Kier molecular flexibility index (Phi) is 4.54. The van der Waals surface area contributed by atoms with E-state index < -0.39 is 0 Å². The van der Waals surface area contributed by atoms with E-state index in [4.69, 9.17) is 10.00 Å². The van der Waals surface area contributed by atoms with E-state index in [-0.39, 0.29) is 6.61 Å². The zero-order chi connectivity index (χ0) is 13.5. The van der Waals surface area contributed by atoms with Crippen LogP contribution in [0.1, 0.15) is 11.3 Å². The molecule has 0 atom stereocenters. The summed E-state index contributed by atoms with van der Waals surface area (Å²) >= 11 is 0. The highest BCUT2D eigenvalue weighted by Crippen LogP contribution is 2.17. The number of nitrogens with zero attached hydrogens (tertiary/aromatic N) is 3. The SMILES string of the molecule is Cn1ccc(CNCc2ccccc2OCC#N)n1. The van der Waals surface area contributed by atoms with Gasteiger partial charge in [-0.1, -0.05) is 18.2 Å². The van der Waals surface area contributed by atoms with Crippen LogP contribution in [0, 0.1) is 11.3 Å². The maximum atomic E-state index is 8.54. The zero-order valence-corrected chi connectivity index (χ0v) is 10.8. The molecule has 0 fully saturated rings. The third kappa shape index (κ3) is 3.83. The molecule has 0 saturated heterocycles. The first-order chi connectivity index (χ1) is 9.29. The Morgan fingerprint density at radius 2 is 2.16 bits per heavy atom. The fraction of sp³-hybridized carbons (Fsp3) is 0.286. The van der Waals surface area contributed by atoms with Crippen molar-refractivity contribution in [3.05, 3.63) is 47.8 Å². The Balaban J connectivity index is 1.90. The number of aryl methyl sites for hydroxylation is 1. The normalized spacial score (nSPS) is 10.1. The second kappa shape index (κ2) is 6.57. The van der Waals surface area contributed by atoms with E-state index in [0.29, 0.717) is 13.1 Å². The van der Waals surface area contributed by atoms with E-state index in [0.717, 1.165) is 17.0 Å². The number of hydrogen-bond donors (Lipinski definition) is 1. The van der Waals surface area contributed by atoms with E-state index in [1.54, 1.807) is 4.68 Å². The molecule has 1 heterocycles. The highest BCUT2D eigenvalue weighted by Gasteiger charge is 2.03. The average Bonchev–Trinajstić information content (AvgIpc) is 2.83. The number of hydrogen-bond acceptors (Lipinski definition) is 4. The molecule has 5 nitrogen and oxygen atoms in total. The van der Waals surface area contributed by atoms with Gasteiger partial charge in [-0.25, -0.2) is 0 Å². The minimum absolute atomic E-state index is 0.0667. The van der Waals surface area contributed by atoms with E-state index in [1.807, 2.05) is 49.6 Å². The van der Waals surface area contributed by atoms with Crippen molar-refractivity contribution in [2.24, 2.45) is 7.05 Å². The molecule has 5 heteroatoms. The lowest BCUT2D eigenvalue weighted by Gasteiger charge is -2.09. The number of ether oxygens (including phenoxy) is 1. The zero-order valence-electron chi connectivity index (χ0n) is 10.8. The first-order valence-corrected chi connectivity index (χ1v) is 6.06. The summed E-state index contributed by atoms with van der Waals surface area (Å²) in [5.74, 6) is 0.748. The summed E-state index contributed by atoms with van der Waals surface area (Å²) in [6, 6.07) is 11.7. The predicted octanol–water partition coefficient (Wildman–Crippen LogP) is 1.61. The molecule has 0 bridgehead atoms. The van der Waals surface area contributed by atoms with Crippen molar-refractivity contribution in [2.75, 3.05) is 6.61 Å². The van der Waals surface area contributed by atoms with Crippen molar-refractivity contribution in [3.8, 4) is 11.8 Å². The van der Waals surface area contributed by atoms with Crippen molar-refractivity contribution >= 4 is 0 Å². The second-order valence-corrected chi connectivity index (χ2v) is 4.14. The number of aromatic nitrogens is 2. The first-order valence-electron chi connectivity index (χ1n) is 6.06. The topological polar surface area (TPSA) is 62.9 Å². The molecule has 0 spiro atoms. The van der Waals surface area contributed by atoms with Gasteiger partial charge in [-0.3, -0.25) is 4.68 Å². The Morgan fingerprint density at radius 1 is 1.32 bits per heavy atom. The Bertz CT molecular complexity index is 571. The van der Waals surface area contributed by atoms with E-state index in [1.165, 1.54) is 0 Å². The molecule has 0 saturated carbocycles. The number of para-hydroxylation sites is 1. The van der Waals surface area contributed by atoms with Crippen molar-refractivity contribution in [1.82, 2.24) is 15.1 Å². The van der Waals surface area contributed by atoms with Crippen molar-refractivity contribution in [2.45, 2.75) is 13.1 Å². The van der Waals surface area contributed by atoms with Gasteiger partial charge in [0.05, 0.1) is 5.69 Å². The van der Waals surface area contributed by atoms with Gasteiger partial charge in [-0.2, -0.15) is 10.4 Å². The summed E-state index contributed by atoms with van der Waals surface area (Å²) < 4.78 is 7.15. The lowest BCUT2D eigenvalue weighted by molar-refractivity contribution is 0.362. The average molecular weight is 256 g/mol. The Hall–Kier alpha value is -2.32. The molecule has 0 amide bonds. The van der Waals surface area contributed by atoms with Crippen LogP contribution in [0.25, 0.3) is 0 Å². The maximum absolute atomic E-state index is 8.54. The van der Waals surface area contributed by atoms with Crippen LogP contribution >= 0.6 is 0 Å². The van der Waals surface area contributed by atoms with Gasteiger partial charge in [0.25, 0.3) is 0 Å². The van der Waals surface area contributed by atoms with E-state index >= 15 is 0 Å². The van der Waals surface area contributed by atoms with Crippen LogP contribution in [0.15, 0.2) is 36.5 Å². The van der Waals surface area contributed by atoms with Gasteiger partial charge in [-0.05, 0) is 12.1 Å². The van der Waals surface area contributed by atoms with Crippen LogP contribution in [0.4, 0.5) is 0 Å². The van der Waals surface area contributed by atoms with Crippen LogP contribution in [-0.2, 0) is 20.1 Å². The molecule has 0 aliphatic heterocycles. The standard InChI is InChI=1S/C14H16N4O/c1-18-8-6-13(17-18)11-16-10-12-4-2-3-5-14(12)19-9-7-15/h2-6,8,16H,9-11H2,1H3. The van der Waals surface area contributed by atoms with Crippen LogP contribution < -0.4 is 10.1 Å². The molecule has 2 aromatic rings. The molecule has 2 rings (SSSR count). The maximum Gasteiger partial charge on any atom is 0.174 e. The van der Waals surface area contributed by atoms with Gasteiger partial charge in [0.1, 0.15) is 11.8 Å². The molecular formula is C14H16N4O. The summed E-state index contributed by atoms with van der Waals surface area (Å²) in [6.07, 6.45) is 1.92. The van der Waals surface area contributed by atoms with Crippen molar-refractivity contribution in [3.63, 3.8) is 0 Å². The third-order valence-corrected chi connectivity index (χ3v) is 2.66. The first kappa shape index (κ1) is 13.1. The predicted molar refractivity (Wildman–Crippen MR) is 71.3 cm³/mol. The van der Waals surface area contributed by atoms with Crippen LogP contribution in [0.5, 0.6) is 5.75 Å². The fourth-order valence-electron chi connectivity index (χ4n) is 1.78. The third-order valence-electron chi connectivity index (χ3n) is 2.66. The summed E-state index contributed by atoms with van der Waals surface area (Å²) in [7, 11) is 1.90. The number of nitrogens with one attached hydrogen (secondary N) is 1. The number of rotatable bonds is 6. The summed E-state index contributed by atoms with van der Waals surface area (Å²) in [5.41, 5.74) is 2.03. The van der Waals surface area contributed by atoms with Crippen LogP contribution in [-0.4, -0.2) is 16.4 Å². The second-order valence-electron chi connectivity index (χ2n) is 4.14. The van der Waals surface area contributed by atoms with Crippen LogP contribution in [0.2, 0.25) is 0 Å². The smallest absolute Gasteiger partial charge is 0.174 e. The highest BCUT2D eigenvalue weighted by molar-refractivity contribution is 5.33. The Morgan fingerprint density at radius 3 is 2.89 bits per heavy atom. The Labute approximate surface area is 112 Å². The van der Waals surface area contributed by atoms with Crippen LogP contribution in [0.3, 0.4) is 0 Å². The summed E-state index contributed by atoms with van der Waals surface area (Å²) in [6.45, 7) is 1.45. The van der Waals surface area contributed by atoms with Gasteiger partial charge < -0.3 is 10.1 Å². The highest BCUT2D eigenvalue weighted by atomic mass is 16.5. The van der Waals surface area contributed by atoms with E-state index in [2.05, 4.69) is 10.4 Å². The van der Waals surface area contributed by atoms with Crippen molar-refractivity contribution in [1.29, 1.82) is 5.26 Å². The summed E-state index contributed by atoms with van der Waals surface area (Å²) in [4.78, 5) is 0. The van der Waals surface area contributed by atoms with E-state index in [9.17, 15) is 0 Å². The van der Waals surface area contributed by atoms with Gasteiger partial charge in [0, 0.05) is 31.9 Å². The van der Waals surface area contributed by atoms with Gasteiger partial charge in [0.15, 0.2) is 6.61 Å². The summed E-state index contributed by atoms with van der Waals surface area (Å²) in [5, 5.41) is 16.1. The quantitative estimate of drug-likeness (QED) is 0.853. The lowest BCUT2D eigenvalue weighted by atomic mass is 10.2. The number of benzene rings is 1. The molecule has 1 N–H and O–H groups in total. The molecule has 0 unspecified atom stereocenters. The van der Waals surface area contributed by atoms with Gasteiger partial charge in [-0.15, -0.1) is 0 Å². The minimum Gasteiger partial charge on any atom is -0.478 e. The molecule has 0 radical (unpaired) electrons. The minimum atomic E-state index is 0.0667. The molecule has 0 aliphatic rings. The molecular weight excluding hydrogens is 240 g/mol.